The van der Waals surface area contributed by atoms with E-state index in [-0.39, 0.29) is 16.6 Å². The van der Waals surface area contributed by atoms with Crippen LogP contribution in [-0.2, 0) is 0 Å². The molecule has 1 aliphatic rings. The van der Waals surface area contributed by atoms with Gasteiger partial charge in [-0.3, -0.25) is 4.79 Å². The van der Waals surface area contributed by atoms with Crippen LogP contribution in [0.4, 0.5) is 11.6 Å². The van der Waals surface area contributed by atoms with Crippen molar-refractivity contribution in [3.05, 3.63) is 51.6 Å². The summed E-state index contributed by atoms with van der Waals surface area (Å²) in [7, 11) is 0. The predicted octanol–water partition coefficient (Wildman–Crippen LogP) is 4.41. The zero-order valence-electron chi connectivity index (χ0n) is 14.8. The van der Waals surface area contributed by atoms with E-state index in [1.165, 1.54) is 6.20 Å². The summed E-state index contributed by atoms with van der Waals surface area (Å²) in [6, 6.07) is 7.57. The Labute approximate surface area is 166 Å². The Hall–Kier alpha value is -2.51. The lowest BCUT2D eigenvalue weighted by Gasteiger charge is -2.16. The molecule has 0 unspecified atom stereocenters. The Morgan fingerprint density at radius 2 is 2.07 bits per heavy atom. The number of nitrogens with zero attached hydrogens (tertiary/aromatic N) is 4. The third kappa shape index (κ3) is 3.94. The summed E-state index contributed by atoms with van der Waals surface area (Å²) in [5, 5.41) is 6.12. The highest BCUT2D eigenvalue weighted by Gasteiger charge is 2.20. The second-order valence-electron chi connectivity index (χ2n) is 6.35. The van der Waals surface area contributed by atoms with Crippen LogP contribution in [0.2, 0.25) is 5.02 Å². The molecule has 0 spiro atoms. The van der Waals surface area contributed by atoms with Gasteiger partial charge in [-0.25, -0.2) is 15.0 Å². The van der Waals surface area contributed by atoms with Crippen molar-refractivity contribution in [2.24, 2.45) is 0 Å². The molecule has 138 valence electrons. The molecule has 3 heterocycles. The molecule has 6 nitrogen and oxygen atoms in total. The lowest BCUT2D eigenvalue weighted by atomic mass is 10.1. The maximum atomic E-state index is 12.7. The van der Waals surface area contributed by atoms with Crippen LogP contribution in [0.15, 0.2) is 35.8 Å². The summed E-state index contributed by atoms with van der Waals surface area (Å²) < 4.78 is 0. The maximum Gasteiger partial charge on any atom is 0.276 e. The Bertz CT molecular complexity index is 984. The van der Waals surface area contributed by atoms with Crippen LogP contribution in [0.1, 0.15) is 28.3 Å². The number of anilines is 2. The molecule has 4 rings (SSSR count). The first kappa shape index (κ1) is 17.9. The number of aryl methyl sites for hydroxylation is 1. The van der Waals surface area contributed by atoms with Crippen LogP contribution in [0, 0.1) is 6.92 Å². The quantitative estimate of drug-likeness (QED) is 0.703. The van der Waals surface area contributed by atoms with Crippen molar-refractivity contribution in [3.8, 4) is 11.3 Å². The number of nitrogens with one attached hydrogen (secondary N) is 1. The minimum atomic E-state index is -0.352. The van der Waals surface area contributed by atoms with E-state index in [0.717, 1.165) is 42.2 Å². The zero-order chi connectivity index (χ0) is 18.8. The number of halogens is 1. The van der Waals surface area contributed by atoms with Gasteiger partial charge in [0.15, 0.2) is 5.69 Å². The number of amides is 1. The lowest BCUT2D eigenvalue weighted by Crippen LogP contribution is -2.23. The highest BCUT2D eigenvalue weighted by molar-refractivity contribution is 7.09. The smallest absolute Gasteiger partial charge is 0.276 e. The molecule has 0 bridgehead atoms. The van der Waals surface area contributed by atoms with Crippen molar-refractivity contribution in [1.29, 1.82) is 0 Å². The number of carbonyl (C=O) groups excluding carboxylic acids is 1. The summed E-state index contributed by atoms with van der Waals surface area (Å²) in [4.78, 5) is 27.9. The van der Waals surface area contributed by atoms with E-state index in [1.807, 2.05) is 36.6 Å². The van der Waals surface area contributed by atoms with E-state index in [1.54, 1.807) is 11.3 Å². The molecule has 0 atom stereocenters. The fraction of sp³-hybridized carbons (Fsp3) is 0.263. The van der Waals surface area contributed by atoms with Crippen LogP contribution in [0.3, 0.4) is 0 Å². The average Bonchev–Trinajstić information content (AvgIpc) is 3.34. The molecule has 1 amide bonds. The minimum absolute atomic E-state index is 0.184. The Morgan fingerprint density at radius 1 is 1.26 bits per heavy atom. The fourth-order valence-electron chi connectivity index (χ4n) is 3.03. The second-order valence-corrected chi connectivity index (χ2v) is 7.82. The van der Waals surface area contributed by atoms with Gasteiger partial charge in [0.25, 0.3) is 5.91 Å². The Kier molecular flexibility index (Phi) is 5.05. The number of aromatic nitrogens is 3. The van der Waals surface area contributed by atoms with Crippen LogP contribution in [0.5, 0.6) is 0 Å². The number of hydrogen-bond donors (Lipinski definition) is 1. The lowest BCUT2D eigenvalue weighted by molar-refractivity contribution is 0.102. The Balaban J connectivity index is 1.56. The molecule has 0 aliphatic carbocycles. The second kappa shape index (κ2) is 7.62. The van der Waals surface area contributed by atoms with E-state index in [0.29, 0.717) is 11.6 Å². The first-order chi connectivity index (χ1) is 13.1. The summed E-state index contributed by atoms with van der Waals surface area (Å²) in [6.45, 7) is 3.77. The molecular weight excluding hydrogens is 382 g/mol. The maximum absolute atomic E-state index is 12.7. The molecule has 0 radical (unpaired) electrons. The van der Waals surface area contributed by atoms with Crippen molar-refractivity contribution in [3.63, 3.8) is 0 Å². The first-order valence-corrected chi connectivity index (χ1v) is 9.97. The molecule has 8 heteroatoms. The number of thiazole rings is 1. The van der Waals surface area contributed by atoms with Gasteiger partial charge in [-0.2, -0.15) is 0 Å². The van der Waals surface area contributed by atoms with E-state index < -0.39 is 0 Å². The van der Waals surface area contributed by atoms with Gasteiger partial charge in [0.05, 0.1) is 21.9 Å². The van der Waals surface area contributed by atoms with Crippen molar-refractivity contribution >= 4 is 40.5 Å². The average molecular weight is 400 g/mol. The van der Waals surface area contributed by atoms with E-state index in [9.17, 15) is 4.79 Å². The SMILES string of the molecule is Cc1nc(-c2cccc(NC(=O)c3nc(N4CCCC4)ncc3Cl)c2)cs1. The van der Waals surface area contributed by atoms with Crippen LogP contribution in [0.25, 0.3) is 11.3 Å². The molecule has 1 aliphatic heterocycles. The fourth-order valence-corrected chi connectivity index (χ4v) is 3.83. The van der Waals surface area contributed by atoms with E-state index in [2.05, 4.69) is 25.2 Å². The van der Waals surface area contributed by atoms with Crippen molar-refractivity contribution in [2.45, 2.75) is 19.8 Å². The molecular formula is C19H18ClN5OS. The summed E-state index contributed by atoms with van der Waals surface area (Å²) in [5.41, 5.74) is 2.69. The van der Waals surface area contributed by atoms with E-state index in [4.69, 9.17) is 11.6 Å². The summed E-state index contributed by atoms with van der Waals surface area (Å²) in [6.07, 6.45) is 3.71. The zero-order valence-corrected chi connectivity index (χ0v) is 16.3. The molecule has 2 aromatic heterocycles. The summed E-state index contributed by atoms with van der Waals surface area (Å²) in [5.74, 6) is 0.197. The molecule has 0 saturated carbocycles. The number of benzene rings is 1. The largest absolute Gasteiger partial charge is 0.341 e. The van der Waals surface area contributed by atoms with Gasteiger partial charge in [0, 0.05) is 29.7 Å². The summed E-state index contributed by atoms with van der Waals surface area (Å²) >= 11 is 7.77. The van der Waals surface area contributed by atoms with Crippen LogP contribution >= 0.6 is 22.9 Å². The van der Waals surface area contributed by atoms with Gasteiger partial charge in [-0.15, -0.1) is 11.3 Å². The molecule has 1 aromatic carbocycles. The molecule has 1 saturated heterocycles. The monoisotopic (exact) mass is 399 g/mol. The predicted molar refractivity (Wildman–Crippen MR) is 109 cm³/mol. The van der Waals surface area contributed by atoms with Gasteiger partial charge in [-0.05, 0) is 31.9 Å². The van der Waals surface area contributed by atoms with Gasteiger partial charge in [0.2, 0.25) is 5.95 Å². The van der Waals surface area contributed by atoms with Gasteiger partial charge in [0.1, 0.15) is 0 Å². The topological polar surface area (TPSA) is 71.0 Å². The third-order valence-corrected chi connectivity index (χ3v) is 5.42. The van der Waals surface area contributed by atoms with Crippen molar-refractivity contribution in [2.75, 3.05) is 23.3 Å². The standard InChI is InChI=1S/C19H18ClN5OS/c1-12-22-16(11-27-12)13-5-4-6-14(9-13)23-18(26)17-15(20)10-21-19(24-17)25-7-2-3-8-25/h4-6,9-11H,2-3,7-8H2,1H3,(H,23,26). The van der Waals surface area contributed by atoms with E-state index >= 15 is 0 Å². The normalized spacial score (nSPS) is 13.8. The van der Waals surface area contributed by atoms with Crippen LogP contribution in [-0.4, -0.2) is 33.9 Å². The molecule has 3 aromatic rings. The number of hydrogen-bond acceptors (Lipinski definition) is 6. The minimum Gasteiger partial charge on any atom is -0.341 e. The van der Waals surface area contributed by atoms with Crippen molar-refractivity contribution in [1.82, 2.24) is 15.0 Å². The third-order valence-electron chi connectivity index (χ3n) is 4.37. The first-order valence-electron chi connectivity index (χ1n) is 8.71. The van der Waals surface area contributed by atoms with Crippen LogP contribution < -0.4 is 10.2 Å². The molecule has 1 N–H and O–H groups in total. The van der Waals surface area contributed by atoms with Gasteiger partial charge < -0.3 is 10.2 Å². The van der Waals surface area contributed by atoms with Gasteiger partial charge >= 0.3 is 0 Å². The number of rotatable bonds is 4. The Morgan fingerprint density at radius 3 is 2.81 bits per heavy atom. The van der Waals surface area contributed by atoms with Crippen molar-refractivity contribution < 1.29 is 4.79 Å². The number of carbonyl (C=O) groups is 1. The molecule has 1 fully saturated rings. The highest BCUT2D eigenvalue weighted by atomic mass is 35.5. The van der Waals surface area contributed by atoms with Gasteiger partial charge in [-0.1, -0.05) is 23.7 Å². The highest BCUT2D eigenvalue weighted by Crippen LogP contribution is 2.25. The molecule has 27 heavy (non-hydrogen) atoms.